The van der Waals surface area contributed by atoms with E-state index in [1.807, 2.05) is 43.2 Å². The molecule has 0 N–H and O–H groups in total. The molecule has 4 rings (SSSR count). The van der Waals surface area contributed by atoms with Crippen molar-refractivity contribution in [1.82, 2.24) is 19.4 Å². The van der Waals surface area contributed by atoms with Crippen LogP contribution in [0, 0.1) is 5.92 Å². The molecule has 3 heterocycles. The van der Waals surface area contributed by atoms with E-state index in [0.717, 1.165) is 19.0 Å². The summed E-state index contributed by atoms with van der Waals surface area (Å²) >= 11 is 0. The third-order valence-corrected chi connectivity index (χ3v) is 4.43. The smallest absolute Gasteiger partial charge is 0.0946 e. The average Bonchev–Trinajstić information content (AvgIpc) is 3.07. The maximum Gasteiger partial charge on any atom is 0.0946 e. The zero-order chi connectivity index (χ0) is 15.5. The molecule has 2 aromatic heterocycles. The molecule has 1 aliphatic heterocycles. The first-order valence-corrected chi connectivity index (χ1v) is 8.04. The second-order valence-corrected chi connectivity index (χ2v) is 6.25. The molecule has 1 fully saturated rings. The van der Waals surface area contributed by atoms with E-state index in [0.29, 0.717) is 0 Å². The molecular formula is C19H20N4. The number of imidazole rings is 1. The number of hydrogen-bond acceptors (Lipinski definition) is 3. The number of hydrogen-bond donors (Lipinski definition) is 0. The van der Waals surface area contributed by atoms with E-state index >= 15 is 0 Å². The molecule has 0 unspecified atom stereocenters. The van der Waals surface area contributed by atoms with Crippen molar-refractivity contribution in [2.24, 2.45) is 5.92 Å². The molecule has 0 amide bonds. The van der Waals surface area contributed by atoms with Gasteiger partial charge in [-0.05, 0) is 28.8 Å². The Hall–Kier alpha value is -2.46. The molecule has 0 aliphatic carbocycles. The summed E-state index contributed by atoms with van der Waals surface area (Å²) in [6.45, 7) is 4.46. The van der Waals surface area contributed by atoms with Gasteiger partial charge in [-0.2, -0.15) is 0 Å². The lowest BCUT2D eigenvalue weighted by molar-refractivity contribution is 0.0803. The van der Waals surface area contributed by atoms with Crippen LogP contribution in [0.4, 0.5) is 0 Å². The third-order valence-electron chi connectivity index (χ3n) is 4.43. The molecule has 0 spiro atoms. The normalized spacial score (nSPS) is 15.5. The Morgan fingerprint density at radius 2 is 1.61 bits per heavy atom. The van der Waals surface area contributed by atoms with Crippen LogP contribution in [0.5, 0.6) is 0 Å². The fraction of sp³-hybridized carbons (Fsp3) is 0.263. The predicted octanol–water partition coefficient (Wildman–Crippen LogP) is 3.08. The number of benzene rings is 1. The summed E-state index contributed by atoms with van der Waals surface area (Å²) in [7, 11) is 0. The first kappa shape index (κ1) is 14.2. The van der Waals surface area contributed by atoms with E-state index in [4.69, 9.17) is 0 Å². The highest BCUT2D eigenvalue weighted by molar-refractivity contribution is 5.62. The molecule has 4 heteroatoms. The van der Waals surface area contributed by atoms with Gasteiger partial charge in [0.25, 0.3) is 0 Å². The Balaban J connectivity index is 1.31. The fourth-order valence-electron chi connectivity index (χ4n) is 3.22. The Bertz CT molecular complexity index is 729. The summed E-state index contributed by atoms with van der Waals surface area (Å²) in [6.07, 6.45) is 9.47. The van der Waals surface area contributed by atoms with Crippen LogP contribution in [-0.4, -0.2) is 32.5 Å². The maximum absolute atomic E-state index is 4.10. The molecule has 1 aromatic carbocycles. The molecule has 0 atom stereocenters. The van der Waals surface area contributed by atoms with E-state index in [9.17, 15) is 0 Å². The van der Waals surface area contributed by atoms with Crippen LogP contribution in [0.3, 0.4) is 0 Å². The van der Waals surface area contributed by atoms with Gasteiger partial charge in [0.05, 0.1) is 6.33 Å². The van der Waals surface area contributed by atoms with Crippen LogP contribution < -0.4 is 0 Å². The summed E-state index contributed by atoms with van der Waals surface area (Å²) in [5.41, 5.74) is 3.84. The fourth-order valence-corrected chi connectivity index (χ4v) is 3.22. The van der Waals surface area contributed by atoms with Gasteiger partial charge in [0, 0.05) is 56.9 Å². The second-order valence-electron chi connectivity index (χ2n) is 6.25. The molecule has 0 saturated carbocycles. The molecule has 4 nitrogen and oxygen atoms in total. The molecule has 23 heavy (non-hydrogen) atoms. The lowest BCUT2D eigenvalue weighted by Crippen LogP contribution is -2.47. The number of pyridine rings is 1. The van der Waals surface area contributed by atoms with E-state index in [2.05, 4.69) is 43.7 Å². The van der Waals surface area contributed by atoms with Crippen molar-refractivity contribution in [1.29, 1.82) is 0 Å². The first-order valence-electron chi connectivity index (χ1n) is 8.04. The number of aromatic nitrogens is 3. The number of rotatable bonds is 5. The largest absolute Gasteiger partial charge is 0.337 e. The van der Waals surface area contributed by atoms with Crippen LogP contribution in [0.2, 0.25) is 0 Å². The van der Waals surface area contributed by atoms with E-state index in [1.165, 1.54) is 29.8 Å². The maximum atomic E-state index is 4.10. The van der Waals surface area contributed by atoms with Gasteiger partial charge in [-0.25, -0.2) is 4.98 Å². The zero-order valence-electron chi connectivity index (χ0n) is 13.0. The van der Waals surface area contributed by atoms with Crippen molar-refractivity contribution in [2.75, 3.05) is 13.1 Å². The lowest BCUT2D eigenvalue weighted by atomic mass is 9.98. The average molecular weight is 304 g/mol. The predicted molar refractivity (Wildman–Crippen MR) is 90.7 cm³/mol. The van der Waals surface area contributed by atoms with Crippen LogP contribution >= 0.6 is 0 Å². The highest BCUT2D eigenvalue weighted by atomic mass is 15.2. The van der Waals surface area contributed by atoms with Crippen molar-refractivity contribution in [3.8, 4) is 11.1 Å². The van der Waals surface area contributed by atoms with Gasteiger partial charge in [-0.15, -0.1) is 0 Å². The zero-order valence-corrected chi connectivity index (χ0v) is 13.0. The molecule has 1 aliphatic rings. The minimum Gasteiger partial charge on any atom is -0.337 e. The Morgan fingerprint density at radius 1 is 0.870 bits per heavy atom. The minimum atomic E-state index is 0.750. The van der Waals surface area contributed by atoms with Crippen LogP contribution in [0.1, 0.15) is 5.56 Å². The summed E-state index contributed by atoms with van der Waals surface area (Å²) in [4.78, 5) is 10.7. The summed E-state index contributed by atoms with van der Waals surface area (Å²) in [6, 6.07) is 13.0. The van der Waals surface area contributed by atoms with Gasteiger partial charge in [0.1, 0.15) is 0 Å². The second kappa shape index (κ2) is 6.34. The van der Waals surface area contributed by atoms with Crippen LogP contribution in [0.15, 0.2) is 67.5 Å². The Labute approximate surface area is 136 Å². The van der Waals surface area contributed by atoms with E-state index in [1.54, 1.807) is 0 Å². The summed E-state index contributed by atoms with van der Waals surface area (Å²) in [5.74, 6) is 0.750. The molecule has 0 radical (unpaired) electrons. The summed E-state index contributed by atoms with van der Waals surface area (Å²) < 4.78 is 2.17. The van der Waals surface area contributed by atoms with Crippen molar-refractivity contribution < 1.29 is 0 Å². The van der Waals surface area contributed by atoms with Gasteiger partial charge in [-0.1, -0.05) is 24.3 Å². The van der Waals surface area contributed by atoms with Gasteiger partial charge in [0.2, 0.25) is 0 Å². The Morgan fingerprint density at radius 3 is 2.30 bits per heavy atom. The van der Waals surface area contributed by atoms with E-state index < -0.39 is 0 Å². The van der Waals surface area contributed by atoms with Gasteiger partial charge in [0.15, 0.2) is 0 Å². The highest BCUT2D eigenvalue weighted by Crippen LogP contribution is 2.22. The first-order chi connectivity index (χ1) is 11.4. The lowest BCUT2D eigenvalue weighted by Gasteiger charge is -2.39. The van der Waals surface area contributed by atoms with Crippen LogP contribution in [-0.2, 0) is 13.1 Å². The van der Waals surface area contributed by atoms with Crippen molar-refractivity contribution >= 4 is 0 Å². The summed E-state index contributed by atoms with van der Waals surface area (Å²) in [5, 5.41) is 0. The van der Waals surface area contributed by atoms with Gasteiger partial charge in [-0.3, -0.25) is 9.88 Å². The number of nitrogens with zero attached hydrogens (tertiary/aromatic N) is 4. The van der Waals surface area contributed by atoms with E-state index in [-0.39, 0.29) is 0 Å². The quantitative estimate of drug-likeness (QED) is 0.726. The van der Waals surface area contributed by atoms with Crippen LogP contribution in [0.25, 0.3) is 11.1 Å². The monoisotopic (exact) mass is 304 g/mol. The molecule has 116 valence electrons. The minimum absolute atomic E-state index is 0.750. The third kappa shape index (κ3) is 3.32. The molecule has 0 bridgehead atoms. The van der Waals surface area contributed by atoms with Gasteiger partial charge < -0.3 is 4.57 Å². The highest BCUT2D eigenvalue weighted by Gasteiger charge is 2.26. The Kier molecular flexibility index (Phi) is 3.90. The molecule has 1 saturated heterocycles. The van der Waals surface area contributed by atoms with Gasteiger partial charge >= 0.3 is 0 Å². The standard InChI is InChI=1S/C19H20N4/c1-3-18(19-5-7-20-8-6-19)4-2-16(1)11-23-13-17(14-23)12-22-10-9-21-15-22/h1-10,15,17H,11-14H2. The van der Waals surface area contributed by atoms with Crippen molar-refractivity contribution in [3.05, 3.63) is 73.1 Å². The topological polar surface area (TPSA) is 34.0 Å². The van der Waals surface area contributed by atoms with Crippen molar-refractivity contribution in [2.45, 2.75) is 13.1 Å². The SMILES string of the molecule is c1cc(-c2ccc(CN3CC(Cn4ccnc4)C3)cc2)ccn1. The molecular weight excluding hydrogens is 284 g/mol. The van der Waals surface area contributed by atoms with Crippen molar-refractivity contribution in [3.63, 3.8) is 0 Å². The molecule has 3 aromatic rings. The number of likely N-dealkylation sites (tertiary alicyclic amines) is 1.